The van der Waals surface area contributed by atoms with Crippen molar-refractivity contribution >= 4 is 45.9 Å². The molecule has 0 radical (unpaired) electrons. The topological polar surface area (TPSA) is 80.5 Å². The quantitative estimate of drug-likeness (QED) is 0.643. The number of hydrogen-bond acceptors (Lipinski definition) is 6. The zero-order chi connectivity index (χ0) is 18.0. The molecular weight excluding hydrogens is 379 g/mol. The number of hydrogen-bond donors (Lipinski definition) is 1. The summed E-state index contributed by atoms with van der Waals surface area (Å²) in [5, 5.41) is 11.5. The molecule has 3 aromatic rings. The Bertz CT molecular complexity index is 1050. The minimum absolute atomic E-state index is 0.321. The highest BCUT2D eigenvalue weighted by Crippen LogP contribution is 2.46. The van der Waals surface area contributed by atoms with Crippen LogP contribution in [0.3, 0.4) is 0 Å². The average Bonchev–Trinajstić information content (AvgIpc) is 3.27. The van der Waals surface area contributed by atoms with Crippen LogP contribution in [0.1, 0.15) is 6.42 Å². The van der Waals surface area contributed by atoms with Gasteiger partial charge in [0.1, 0.15) is 5.69 Å². The molecule has 1 aromatic carbocycles. The summed E-state index contributed by atoms with van der Waals surface area (Å²) in [5.74, 6) is 0.292. The van der Waals surface area contributed by atoms with Crippen molar-refractivity contribution in [3.63, 3.8) is 0 Å². The van der Waals surface area contributed by atoms with Gasteiger partial charge in [0.2, 0.25) is 0 Å². The number of halogens is 2. The predicted molar refractivity (Wildman–Crippen MR) is 96.3 cm³/mol. The van der Waals surface area contributed by atoms with Gasteiger partial charge < -0.3 is 19.3 Å². The van der Waals surface area contributed by atoms with E-state index in [-0.39, 0.29) is 0 Å². The Labute approximate surface area is 157 Å². The van der Waals surface area contributed by atoms with E-state index in [1.54, 1.807) is 40.3 Å². The minimum atomic E-state index is -0.792. The first-order valence-electron chi connectivity index (χ1n) is 8.02. The fourth-order valence-corrected chi connectivity index (χ4v) is 3.98. The first-order valence-corrected chi connectivity index (χ1v) is 8.78. The van der Waals surface area contributed by atoms with E-state index in [2.05, 4.69) is 9.97 Å². The van der Waals surface area contributed by atoms with Crippen LogP contribution in [0.15, 0.2) is 30.9 Å². The number of nitrogens with zero attached hydrogens (tertiary/aromatic N) is 4. The van der Waals surface area contributed by atoms with Gasteiger partial charge in [-0.25, -0.2) is 14.8 Å². The monoisotopic (exact) mass is 390 g/mol. The summed E-state index contributed by atoms with van der Waals surface area (Å²) in [6.45, 7) is 0.494. The Morgan fingerprint density at radius 3 is 2.92 bits per heavy atom. The molecule has 1 fully saturated rings. The molecule has 132 valence electrons. The first kappa shape index (κ1) is 15.9. The molecule has 2 aromatic heterocycles. The molecule has 0 unspecified atom stereocenters. The number of imidazole rings is 1. The van der Waals surface area contributed by atoms with Crippen LogP contribution >= 0.6 is 23.2 Å². The minimum Gasteiger partial charge on any atom is -0.419 e. The lowest BCUT2D eigenvalue weighted by molar-refractivity contribution is -0.138. The largest absolute Gasteiger partial charge is 0.419 e. The highest BCUT2D eigenvalue weighted by molar-refractivity contribution is 6.45. The van der Waals surface area contributed by atoms with E-state index in [0.29, 0.717) is 51.2 Å². The van der Waals surface area contributed by atoms with Crippen molar-refractivity contribution in [1.82, 2.24) is 14.5 Å². The number of fused-ring (bicyclic) bond motifs is 4. The normalized spacial score (nSPS) is 21.7. The molecule has 2 aliphatic heterocycles. The van der Waals surface area contributed by atoms with Crippen molar-refractivity contribution in [2.24, 2.45) is 0 Å². The lowest BCUT2D eigenvalue weighted by Gasteiger charge is -2.33. The summed E-state index contributed by atoms with van der Waals surface area (Å²) in [5.41, 5.74) is 1.11. The van der Waals surface area contributed by atoms with Gasteiger partial charge in [-0.05, 0) is 18.6 Å². The van der Waals surface area contributed by atoms with Gasteiger partial charge in [-0.3, -0.25) is 0 Å². The van der Waals surface area contributed by atoms with Crippen molar-refractivity contribution in [3.05, 3.63) is 40.9 Å². The summed E-state index contributed by atoms with van der Waals surface area (Å²) in [6, 6.07) is 2.69. The van der Waals surface area contributed by atoms with Gasteiger partial charge in [-0.2, -0.15) is 0 Å². The molecule has 26 heavy (non-hydrogen) atoms. The van der Waals surface area contributed by atoms with Crippen LogP contribution in [0.2, 0.25) is 10.0 Å². The highest BCUT2D eigenvalue weighted by atomic mass is 35.5. The molecule has 5 rings (SSSR count). The zero-order valence-corrected chi connectivity index (χ0v) is 14.8. The lowest BCUT2D eigenvalue weighted by atomic mass is 10.1. The van der Waals surface area contributed by atoms with Gasteiger partial charge in [0, 0.05) is 24.3 Å². The number of carbonyl (C=O) groups is 1. The Hall–Kier alpha value is -2.35. The number of aliphatic hydroxyl groups excluding tert-OH is 1. The molecule has 1 N–H and O–H groups in total. The van der Waals surface area contributed by atoms with Gasteiger partial charge in [-0.1, -0.05) is 23.2 Å². The number of esters is 1. The van der Waals surface area contributed by atoms with Crippen molar-refractivity contribution in [2.75, 3.05) is 11.4 Å². The average molecular weight is 391 g/mol. The smallest absolute Gasteiger partial charge is 0.337 e. The molecule has 1 saturated heterocycles. The standard InChI is InChI=1S/C17H12Cl2N4O3/c18-9-2-1-8-12(11(9)19)21-16-15(13(8)22-6-4-20-7-22)26-17(25)14-10(24)3-5-23(14)16/h1-2,4,6-7,10,14,24H,3,5H2/t10-,14-/m0/s1. The Balaban J connectivity index is 1.89. The molecule has 4 heterocycles. The number of benzene rings is 1. The number of rotatable bonds is 1. The van der Waals surface area contributed by atoms with E-state index in [1.807, 2.05) is 0 Å². The van der Waals surface area contributed by atoms with Crippen LogP contribution in [-0.2, 0) is 4.79 Å². The van der Waals surface area contributed by atoms with Crippen molar-refractivity contribution in [3.8, 4) is 11.4 Å². The maximum absolute atomic E-state index is 12.5. The molecular formula is C17H12Cl2N4O3. The second kappa shape index (κ2) is 5.57. The second-order valence-electron chi connectivity index (χ2n) is 6.26. The van der Waals surface area contributed by atoms with Gasteiger partial charge >= 0.3 is 5.97 Å². The van der Waals surface area contributed by atoms with Crippen LogP contribution in [0, 0.1) is 0 Å². The third-order valence-electron chi connectivity index (χ3n) is 4.80. The fraction of sp³-hybridized carbons (Fsp3) is 0.235. The Morgan fingerprint density at radius 1 is 1.31 bits per heavy atom. The van der Waals surface area contributed by atoms with Gasteiger partial charge in [0.15, 0.2) is 17.6 Å². The SMILES string of the molecule is O=C1Oc2c(nc3c(Cl)c(Cl)ccc3c2-n2ccnc2)N2CC[C@H](O)[C@@H]12. The highest BCUT2D eigenvalue weighted by Gasteiger charge is 2.46. The van der Waals surface area contributed by atoms with Crippen LogP contribution in [-0.4, -0.2) is 44.3 Å². The number of ether oxygens (including phenoxy) is 1. The van der Waals surface area contributed by atoms with E-state index < -0.39 is 18.1 Å². The zero-order valence-electron chi connectivity index (χ0n) is 13.3. The van der Waals surface area contributed by atoms with E-state index in [1.165, 1.54) is 0 Å². The number of pyridine rings is 1. The molecule has 0 aliphatic carbocycles. The van der Waals surface area contributed by atoms with E-state index in [4.69, 9.17) is 27.9 Å². The predicted octanol–water partition coefficient (Wildman–Crippen LogP) is 2.59. The maximum Gasteiger partial charge on any atom is 0.337 e. The number of anilines is 1. The molecule has 0 spiro atoms. The van der Waals surface area contributed by atoms with Crippen LogP contribution < -0.4 is 9.64 Å². The molecule has 7 nitrogen and oxygen atoms in total. The molecule has 9 heteroatoms. The number of aliphatic hydroxyl groups is 1. The van der Waals surface area contributed by atoms with E-state index >= 15 is 0 Å². The maximum atomic E-state index is 12.5. The third kappa shape index (κ3) is 2.08. The van der Waals surface area contributed by atoms with Crippen molar-refractivity contribution in [2.45, 2.75) is 18.6 Å². The summed E-state index contributed by atoms with van der Waals surface area (Å²) in [7, 11) is 0. The summed E-state index contributed by atoms with van der Waals surface area (Å²) >= 11 is 12.6. The summed E-state index contributed by atoms with van der Waals surface area (Å²) < 4.78 is 7.36. The Morgan fingerprint density at radius 2 is 2.15 bits per heavy atom. The second-order valence-corrected chi connectivity index (χ2v) is 7.04. The van der Waals surface area contributed by atoms with E-state index in [0.717, 1.165) is 0 Å². The lowest BCUT2D eigenvalue weighted by Crippen LogP contribution is -2.48. The molecule has 0 saturated carbocycles. The van der Waals surface area contributed by atoms with E-state index in [9.17, 15) is 9.90 Å². The number of carbonyl (C=O) groups excluding carboxylic acids is 1. The van der Waals surface area contributed by atoms with Crippen molar-refractivity contribution in [1.29, 1.82) is 0 Å². The number of aromatic nitrogens is 3. The van der Waals surface area contributed by atoms with Crippen LogP contribution in [0.5, 0.6) is 5.75 Å². The first-order chi connectivity index (χ1) is 12.6. The molecule has 2 aliphatic rings. The summed E-state index contributed by atoms with van der Waals surface area (Å²) in [4.78, 5) is 23.0. The molecule has 2 atom stereocenters. The molecule has 0 bridgehead atoms. The van der Waals surface area contributed by atoms with Gasteiger partial charge in [0.25, 0.3) is 0 Å². The molecule has 0 amide bonds. The summed E-state index contributed by atoms with van der Waals surface area (Å²) in [6.07, 6.45) is 4.65. The third-order valence-corrected chi connectivity index (χ3v) is 5.60. The Kier molecular flexibility index (Phi) is 3.40. The van der Waals surface area contributed by atoms with Crippen LogP contribution in [0.25, 0.3) is 16.6 Å². The fourth-order valence-electron chi connectivity index (χ4n) is 3.62. The van der Waals surface area contributed by atoms with Crippen LogP contribution in [0.4, 0.5) is 5.82 Å². The van der Waals surface area contributed by atoms with Crippen molar-refractivity contribution < 1.29 is 14.6 Å². The van der Waals surface area contributed by atoms with Gasteiger partial charge in [0.05, 0.1) is 28.0 Å². The van der Waals surface area contributed by atoms with Gasteiger partial charge in [-0.15, -0.1) is 0 Å².